The van der Waals surface area contributed by atoms with Gasteiger partial charge in [-0.05, 0) is 13.8 Å². The summed E-state index contributed by atoms with van der Waals surface area (Å²) >= 11 is 0. The molecular formula is C17H22N6O4. The molecule has 0 aliphatic carbocycles. The maximum atomic E-state index is 12.5. The molecule has 0 unspecified atom stereocenters. The summed E-state index contributed by atoms with van der Waals surface area (Å²) in [4.78, 5) is 58.6. The Balaban J connectivity index is 1.66. The van der Waals surface area contributed by atoms with Crippen LogP contribution in [-0.4, -0.2) is 56.1 Å². The van der Waals surface area contributed by atoms with Crippen LogP contribution in [0.15, 0.2) is 26.8 Å². The van der Waals surface area contributed by atoms with Gasteiger partial charge in [0.05, 0.1) is 6.33 Å². The SMILES string of the molecule is Cc1ncn(CC(=O)N2CCN(c3cc(=O)n(C)c(=O)[nH]3)CC2)c(=O)c1C. The Kier molecular flexibility index (Phi) is 4.98. The van der Waals surface area contributed by atoms with Crippen LogP contribution in [0.5, 0.6) is 0 Å². The number of nitrogens with zero attached hydrogens (tertiary/aromatic N) is 5. The predicted octanol–water partition coefficient (Wildman–Crippen LogP) is -1.40. The molecule has 2 aromatic heterocycles. The number of carbonyl (C=O) groups is 1. The van der Waals surface area contributed by atoms with Crippen molar-refractivity contribution >= 4 is 11.7 Å². The molecule has 0 bridgehead atoms. The highest BCUT2D eigenvalue weighted by atomic mass is 16.2. The molecular weight excluding hydrogens is 352 g/mol. The van der Waals surface area contributed by atoms with Crippen molar-refractivity contribution in [2.45, 2.75) is 20.4 Å². The third-order valence-electron chi connectivity index (χ3n) is 4.92. The number of rotatable bonds is 3. The quantitative estimate of drug-likeness (QED) is 0.707. The van der Waals surface area contributed by atoms with Crippen LogP contribution in [0.3, 0.4) is 0 Å². The maximum Gasteiger partial charge on any atom is 0.329 e. The topological polar surface area (TPSA) is 113 Å². The van der Waals surface area contributed by atoms with E-state index in [1.807, 2.05) is 4.90 Å². The zero-order chi connectivity index (χ0) is 19.7. The first kappa shape index (κ1) is 18.6. The largest absolute Gasteiger partial charge is 0.354 e. The minimum atomic E-state index is -0.474. The molecule has 0 atom stereocenters. The van der Waals surface area contributed by atoms with Crippen LogP contribution in [-0.2, 0) is 18.4 Å². The summed E-state index contributed by atoms with van der Waals surface area (Å²) in [7, 11) is 1.41. The molecule has 1 saturated heterocycles. The van der Waals surface area contributed by atoms with Crippen molar-refractivity contribution in [1.82, 2.24) is 24.0 Å². The van der Waals surface area contributed by atoms with Crippen LogP contribution in [0.1, 0.15) is 11.3 Å². The van der Waals surface area contributed by atoms with Gasteiger partial charge < -0.3 is 9.80 Å². The summed E-state index contributed by atoms with van der Waals surface area (Å²) in [6.45, 7) is 5.21. The van der Waals surface area contributed by atoms with Crippen LogP contribution in [0.4, 0.5) is 5.82 Å². The monoisotopic (exact) mass is 374 g/mol. The van der Waals surface area contributed by atoms with Gasteiger partial charge in [0.15, 0.2) is 0 Å². The van der Waals surface area contributed by atoms with Crippen LogP contribution in [0.2, 0.25) is 0 Å². The minimum Gasteiger partial charge on any atom is -0.354 e. The smallest absolute Gasteiger partial charge is 0.329 e. The van der Waals surface area contributed by atoms with Crippen LogP contribution in [0.25, 0.3) is 0 Å². The number of nitrogens with one attached hydrogen (secondary N) is 1. The van der Waals surface area contributed by atoms with Gasteiger partial charge in [-0.3, -0.25) is 28.5 Å². The van der Waals surface area contributed by atoms with E-state index in [1.54, 1.807) is 18.7 Å². The number of hydrogen-bond acceptors (Lipinski definition) is 6. The molecule has 3 rings (SSSR count). The van der Waals surface area contributed by atoms with Gasteiger partial charge in [-0.1, -0.05) is 0 Å². The minimum absolute atomic E-state index is 0.0599. The Morgan fingerprint density at radius 3 is 2.44 bits per heavy atom. The van der Waals surface area contributed by atoms with Crippen molar-refractivity contribution < 1.29 is 4.79 Å². The molecule has 1 fully saturated rings. The number of H-pyrrole nitrogens is 1. The Labute approximate surface area is 154 Å². The number of aromatic amines is 1. The number of amides is 1. The molecule has 10 heteroatoms. The first-order valence-corrected chi connectivity index (χ1v) is 8.63. The standard InChI is InChI=1S/C17H22N6O4/c1-11-12(2)18-10-23(16(11)26)9-15(25)22-6-4-21(5-7-22)13-8-14(24)20(3)17(27)19-13/h8,10H,4-7,9H2,1-3H3,(H,19,27). The van der Waals surface area contributed by atoms with E-state index in [9.17, 15) is 19.2 Å². The highest BCUT2D eigenvalue weighted by molar-refractivity contribution is 5.76. The Hall–Kier alpha value is -3.17. The first-order valence-electron chi connectivity index (χ1n) is 8.63. The zero-order valence-corrected chi connectivity index (χ0v) is 15.6. The summed E-state index contributed by atoms with van der Waals surface area (Å²) in [5.41, 5.74) is 0.115. The van der Waals surface area contributed by atoms with E-state index in [2.05, 4.69) is 9.97 Å². The molecule has 10 nitrogen and oxygen atoms in total. The molecule has 1 N–H and O–H groups in total. The molecule has 1 amide bonds. The van der Waals surface area contributed by atoms with E-state index in [1.165, 1.54) is 24.0 Å². The summed E-state index contributed by atoms with van der Waals surface area (Å²) in [5, 5.41) is 0. The third kappa shape index (κ3) is 3.69. The lowest BCUT2D eigenvalue weighted by molar-refractivity contribution is -0.132. The summed E-state index contributed by atoms with van der Waals surface area (Å²) in [6.07, 6.45) is 1.39. The van der Waals surface area contributed by atoms with Gasteiger partial charge in [0.1, 0.15) is 12.4 Å². The van der Waals surface area contributed by atoms with Crippen molar-refractivity contribution in [1.29, 1.82) is 0 Å². The number of anilines is 1. The molecule has 27 heavy (non-hydrogen) atoms. The lowest BCUT2D eigenvalue weighted by atomic mass is 10.2. The number of hydrogen-bond donors (Lipinski definition) is 1. The van der Waals surface area contributed by atoms with E-state index in [-0.39, 0.29) is 23.6 Å². The van der Waals surface area contributed by atoms with Gasteiger partial charge in [-0.15, -0.1) is 0 Å². The summed E-state index contributed by atoms with van der Waals surface area (Å²) in [6, 6.07) is 1.37. The van der Waals surface area contributed by atoms with Gasteiger partial charge in [0.25, 0.3) is 11.1 Å². The van der Waals surface area contributed by atoms with Gasteiger partial charge in [-0.2, -0.15) is 0 Å². The number of carbonyl (C=O) groups excluding carboxylic acids is 1. The third-order valence-corrected chi connectivity index (χ3v) is 4.92. The summed E-state index contributed by atoms with van der Waals surface area (Å²) in [5.74, 6) is 0.282. The second kappa shape index (κ2) is 7.22. The van der Waals surface area contributed by atoms with E-state index < -0.39 is 5.69 Å². The molecule has 0 aromatic carbocycles. The fourth-order valence-electron chi connectivity index (χ4n) is 2.94. The average molecular weight is 374 g/mol. The lowest BCUT2D eigenvalue weighted by Crippen LogP contribution is -2.51. The Bertz CT molecular complexity index is 1010. The molecule has 144 valence electrons. The fraction of sp³-hybridized carbons (Fsp3) is 0.471. The Morgan fingerprint density at radius 1 is 1.15 bits per heavy atom. The molecule has 2 aromatic rings. The van der Waals surface area contributed by atoms with Crippen LogP contribution >= 0.6 is 0 Å². The van der Waals surface area contributed by atoms with Gasteiger partial charge in [-0.25, -0.2) is 9.78 Å². The van der Waals surface area contributed by atoms with Gasteiger partial charge in [0.2, 0.25) is 5.91 Å². The molecule has 0 saturated carbocycles. The number of piperazine rings is 1. The normalized spacial score (nSPS) is 14.5. The van der Waals surface area contributed by atoms with E-state index in [4.69, 9.17) is 0 Å². The van der Waals surface area contributed by atoms with Gasteiger partial charge in [0, 0.05) is 50.6 Å². The maximum absolute atomic E-state index is 12.5. The molecule has 0 spiro atoms. The van der Waals surface area contributed by atoms with Crippen molar-refractivity contribution in [2.75, 3.05) is 31.1 Å². The first-order chi connectivity index (χ1) is 12.8. The number of aromatic nitrogens is 4. The fourth-order valence-corrected chi connectivity index (χ4v) is 2.94. The Morgan fingerprint density at radius 2 is 1.81 bits per heavy atom. The van der Waals surface area contributed by atoms with Crippen LogP contribution < -0.4 is 21.7 Å². The van der Waals surface area contributed by atoms with Gasteiger partial charge >= 0.3 is 5.69 Å². The molecule has 0 radical (unpaired) electrons. The number of aryl methyl sites for hydroxylation is 1. The van der Waals surface area contributed by atoms with Crippen molar-refractivity contribution in [3.63, 3.8) is 0 Å². The van der Waals surface area contributed by atoms with Crippen molar-refractivity contribution in [3.8, 4) is 0 Å². The second-order valence-corrected chi connectivity index (χ2v) is 6.61. The van der Waals surface area contributed by atoms with Crippen LogP contribution in [0, 0.1) is 13.8 Å². The average Bonchev–Trinajstić information content (AvgIpc) is 2.66. The van der Waals surface area contributed by atoms with Crippen molar-refractivity contribution in [3.05, 3.63) is 54.8 Å². The predicted molar refractivity (Wildman–Crippen MR) is 99.1 cm³/mol. The second-order valence-electron chi connectivity index (χ2n) is 6.61. The highest BCUT2D eigenvalue weighted by Gasteiger charge is 2.23. The molecule has 1 aliphatic rings. The zero-order valence-electron chi connectivity index (χ0n) is 15.6. The van der Waals surface area contributed by atoms with E-state index >= 15 is 0 Å². The van der Waals surface area contributed by atoms with E-state index in [0.29, 0.717) is 43.3 Å². The highest BCUT2D eigenvalue weighted by Crippen LogP contribution is 2.10. The van der Waals surface area contributed by atoms with E-state index in [0.717, 1.165) is 4.57 Å². The summed E-state index contributed by atoms with van der Waals surface area (Å²) < 4.78 is 2.31. The van der Waals surface area contributed by atoms with Crippen molar-refractivity contribution in [2.24, 2.45) is 7.05 Å². The lowest BCUT2D eigenvalue weighted by Gasteiger charge is -2.35. The molecule has 3 heterocycles. The molecule has 1 aliphatic heterocycles.